The maximum absolute atomic E-state index is 3.60. The number of likely N-dealkylation sites (tertiary alicyclic amines) is 1. The van der Waals surface area contributed by atoms with Crippen LogP contribution in [-0.4, -0.2) is 36.6 Å². The Balaban J connectivity index is 2.10. The van der Waals surface area contributed by atoms with Gasteiger partial charge in [0.05, 0.1) is 0 Å². The minimum Gasteiger partial charge on any atom is -0.315 e. The van der Waals surface area contributed by atoms with Gasteiger partial charge in [-0.15, -0.1) is 0 Å². The van der Waals surface area contributed by atoms with Crippen molar-refractivity contribution in [3.8, 4) is 0 Å². The Morgan fingerprint density at radius 1 is 1.24 bits per heavy atom. The molecule has 2 nitrogen and oxygen atoms in total. The average molecular weight is 238 g/mol. The minimum absolute atomic E-state index is 0.467. The molecule has 0 radical (unpaired) electrons. The number of nitrogens with zero attached hydrogens (tertiary/aromatic N) is 1. The van der Waals surface area contributed by atoms with Gasteiger partial charge in [0, 0.05) is 18.1 Å². The van der Waals surface area contributed by atoms with Gasteiger partial charge in [0.1, 0.15) is 0 Å². The summed E-state index contributed by atoms with van der Waals surface area (Å²) in [7, 11) is 2.15. The van der Waals surface area contributed by atoms with Crippen LogP contribution >= 0.6 is 0 Å². The van der Waals surface area contributed by atoms with Gasteiger partial charge < -0.3 is 5.32 Å². The summed E-state index contributed by atoms with van der Waals surface area (Å²) in [4.78, 5) is 2.83. The van der Waals surface area contributed by atoms with Gasteiger partial charge in [-0.05, 0) is 51.1 Å². The van der Waals surface area contributed by atoms with E-state index in [4.69, 9.17) is 0 Å². The van der Waals surface area contributed by atoms with Crippen molar-refractivity contribution < 1.29 is 0 Å². The predicted octanol–water partition coefficient (Wildman–Crippen LogP) is 3.03. The Labute approximate surface area is 107 Å². The molecule has 2 heteroatoms. The van der Waals surface area contributed by atoms with E-state index in [9.17, 15) is 0 Å². The molecule has 0 amide bonds. The van der Waals surface area contributed by atoms with Crippen LogP contribution in [0.4, 0.5) is 0 Å². The van der Waals surface area contributed by atoms with Crippen LogP contribution in [0.1, 0.15) is 59.3 Å². The van der Waals surface area contributed by atoms with Crippen molar-refractivity contribution in [3.05, 3.63) is 0 Å². The van der Waals surface area contributed by atoms with Crippen molar-refractivity contribution in [1.82, 2.24) is 10.2 Å². The zero-order valence-corrected chi connectivity index (χ0v) is 12.1. The lowest BCUT2D eigenvalue weighted by Crippen LogP contribution is -2.55. The molecule has 17 heavy (non-hydrogen) atoms. The van der Waals surface area contributed by atoms with Crippen LogP contribution in [0.2, 0.25) is 0 Å². The van der Waals surface area contributed by atoms with Crippen molar-refractivity contribution in [2.75, 3.05) is 13.6 Å². The molecule has 2 aliphatic rings. The Kier molecular flexibility index (Phi) is 4.14. The van der Waals surface area contributed by atoms with Crippen LogP contribution in [0.3, 0.4) is 0 Å². The van der Waals surface area contributed by atoms with Gasteiger partial charge in [-0.25, -0.2) is 0 Å². The molecule has 1 heterocycles. The first-order valence-electron chi connectivity index (χ1n) is 7.53. The van der Waals surface area contributed by atoms with E-state index < -0.39 is 0 Å². The second-order valence-electron chi connectivity index (χ2n) is 6.66. The van der Waals surface area contributed by atoms with Gasteiger partial charge in [0.15, 0.2) is 0 Å². The summed E-state index contributed by atoms with van der Waals surface area (Å²) < 4.78 is 0. The molecule has 1 saturated carbocycles. The summed E-state index contributed by atoms with van der Waals surface area (Å²) >= 11 is 0. The highest BCUT2D eigenvalue weighted by Crippen LogP contribution is 2.41. The summed E-state index contributed by atoms with van der Waals surface area (Å²) in [5.41, 5.74) is 0.467. The maximum atomic E-state index is 3.60. The normalized spacial score (nSPS) is 38.5. The second-order valence-corrected chi connectivity index (χ2v) is 6.66. The third-order valence-electron chi connectivity index (χ3n) is 5.19. The van der Waals surface area contributed by atoms with Gasteiger partial charge in [-0.1, -0.05) is 27.2 Å². The van der Waals surface area contributed by atoms with E-state index in [1.807, 2.05) is 0 Å². The van der Waals surface area contributed by atoms with Crippen molar-refractivity contribution in [3.63, 3.8) is 0 Å². The molecular formula is C15H30N2. The van der Waals surface area contributed by atoms with Gasteiger partial charge in [0.25, 0.3) is 0 Å². The van der Waals surface area contributed by atoms with E-state index in [1.54, 1.807) is 0 Å². The molecule has 1 saturated heterocycles. The van der Waals surface area contributed by atoms with Gasteiger partial charge in [-0.2, -0.15) is 0 Å². The highest BCUT2D eigenvalue weighted by atomic mass is 15.2. The lowest BCUT2D eigenvalue weighted by molar-refractivity contribution is 0.0696. The first kappa shape index (κ1) is 13.4. The smallest absolute Gasteiger partial charge is 0.0271 e. The number of hydrogen-bond acceptors (Lipinski definition) is 2. The maximum Gasteiger partial charge on any atom is 0.0271 e. The third-order valence-corrected chi connectivity index (χ3v) is 5.19. The third kappa shape index (κ3) is 2.53. The number of piperidine rings is 1. The highest BCUT2D eigenvalue weighted by molar-refractivity contribution is 5.02. The van der Waals surface area contributed by atoms with Crippen LogP contribution in [-0.2, 0) is 0 Å². The first-order valence-corrected chi connectivity index (χ1v) is 7.53. The van der Waals surface area contributed by atoms with Crippen molar-refractivity contribution >= 4 is 0 Å². The Morgan fingerprint density at radius 2 is 2.00 bits per heavy atom. The SMILES string of the molecule is CCC1CCCCN1C1CCC(C)(C)C1NC. The number of rotatable bonds is 3. The van der Waals surface area contributed by atoms with E-state index >= 15 is 0 Å². The van der Waals surface area contributed by atoms with Crippen LogP contribution in [0.25, 0.3) is 0 Å². The molecule has 1 N–H and O–H groups in total. The Hall–Kier alpha value is -0.0800. The molecule has 2 rings (SSSR count). The summed E-state index contributed by atoms with van der Waals surface area (Å²) in [5, 5.41) is 3.60. The molecule has 0 bridgehead atoms. The number of likely N-dealkylation sites (N-methyl/N-ethyl adjacent to an activating group) is 1. The number of hydrogen-bond donors (Lipinski definition) is 1. The Morgan fingerprint density at radius 3 is 2.65 bits per heavy atom. The molecule has 0 spiro atoms. The standard InChI is InChI=1S/C15H30N2/c1-5-12-8-6-7-11-17(12)13-9-10-15(2,3)14(13)16-4/h12-14,16H,5-11H2,1-4H3. The lowest BCUT2D eigenvalue weighted by atomic mass is 9.85. The molecule has 0 aromatic heterocycles. The van der Waals surface area contributed by atoms with Crippen LogP contribution < -0.4 is 5.32 Å². The van der Waals surface area contributed by atoms with E-state index in [1.165, 1.54) is 45.1 Å². The fourth-order valence-corrected chi connectivity index (χ4v) is 4.20. The minimum atomic E-state index is 0.467. The van der Waals surface area contributed by atoms with Crippen molar-refractivity contribution in [1.29, 1.82) is 0 Å². The molecular weight excluding hydrogens is 208 g/mol. The summed E-state index contributed by atoms with van der Waals surface area (Å²) in [5.74, 6) is 0. The molecule has 100 valence electrons. The summed E-state index contributed by atoms with van der Waals surface area (Å²) in [6, 6.07) is 2.30. The fourth-order valence-electron chi connectivity index (χ4n) is 4.20. The molecule has 1 aliphatic heterocycles. The second kappa shape index (κ2) is 5.27. The van der Waals surface area contributed by atoms with Gasteiger partial charge >= 0.3 is 0 Å². The summed E-state index contributed by atoms with van der Waals surface area (Å²) in [6.45, 7) is 8.55. The first-order chi connectivity index (χ1) is 8.10. The Bertz CT molecular complexity index is 249. The molecule has 1 aliphatic carbocycles. The zero-order valence-electron chi connectivity index (χ0n) is 12.1. The lowest BCUT2D eigenvalue weighted by Gasteiger charge is -2.43. The zero-order chi connectivity index (χ0) is 12.5. The largest absolute Gasteiger partial charge is 0.315 e. The van der Waals surface area contributed by atoms with Gasteiger partial charge in [0.2, 0.25) is 0 Å². The van der Waals surface area contributed by atoms with E-state index in [0.717, 1.165) is 12.1 Å². The van der Waals surface area contributed by atoms with E-state index in [-0.39, 0.29) is 0 Å². The highest BCUT2D eigenvalue weighted by Gasteiger charge is 2.45. The quantitative estimate of drug-likeness (QED) is 0.813. The summed E-state index contributed by atoms with van der Waals surface area (Å²) in [6.07, 6.45) is 8.35. The average Bonchev–Trinajstić information content (AvgIpc) is 2.64. The topological polar surface area (TPSA) is 15.3 Å². The van der Waals surface area contributed by atoms with Crippen molar-refractivity contribution in [2.45, 2.75) is 77.4 Å². The van der Waals surface area contributed by atoms with E-state index in [2.05, 4.69) is 38.0 Å². The van der Waals surface area contributed by atoms with E-state index in [0.29, 0.717) is 11.5 Å². The molecule has 0 aromatic rings. The molecule has 3 unspecified atom stereocenters. The van der Waals surface area contributed by atoms with Crippen molar-refractivity contribution in [2.24, 2.45) is 5.41 Å². The molecule has 0 aromatic carbocycles. The fraction of sp³-hybridized carbons (Fsp3) is 1.00. The number of nitrogens with one attached hydrogen (secondary N) is 1. The van der Waals surface area contributed by atoms with Gasteiger partial charge in [-0.3, -0.25) is 4.90 Å². The predicted molar refractivity (Wildman–Crippen MR) is 74.3 cm³/mol. The monoisotopic (exact) mass is 238 g/mol. The molecule has 2 fully saturated rings. The van der Waals surface area contributed by atoms with Crippen LogP contribution in [0.5, 0.6) is 0 Å². The van der Waals surface area contributed by atoms with Crippen LogP contribution in [0.15, 0.2) is 0 Å². The van der Waals surface area contributed by atoms with Crippen LogP contribution in [0, 0.1) is 5.41 Å². The molecule has 3 atom stereocenters.